The van der Waals surface area contributed by atoms with Crippen LogP contribution in [0.1, 0.15) is 27.7 Å². The van der Waals surface area contributed by atoms with Crippen LogP contribution < -0.4 is 15.2 Å². The molecule has 0 saturated heterocycles. The fourth-order valence-corrected chi connectivity index (χ4v) is 2.30. The molecule has 0 radical (unpaired) electrons. The second kappa shape index (κ2) is 4.52. The summed E-state index contributed by atoms with van der Waals surface area (Å²) in [5.41, 5.74) is 4.46. The fraction of sp³-hybridized carbons (Fsp3) is 0.857. The zero-order chi connectivity index (χ0) is 11.6. The second-order valence-electron chi connectivity index (χ2n) is 3.87. The summed E-state index contributed by atoms with van der Waals surface area (Å²) in [4.78, 5) is 0.103. The SMILES string of the molecule is CC(C)NS(=O)(=O)NC(C)(C)C(N)=S. The highest BCUT2D eigenvalue weighted by molar-refractivity contribution is 7.87. The Kier molecular flexibility index (Phi) is 4.44. The molecule has 0 spiro atoms. The summed E-state index contributed by atoms with van der Waals surface area (Å²) in [7, 11) is -3.55. The van der Waals surface area contributed by atoms with Crippen molar-refractivity contribution in [2.24, 2.45) is 5.73 Å². The van der Waals surface area contributed by atoms with Gasteiger partial charge in [-0.1, -0.05) is 12.2 Å². The molecule has 84 valence electrons. The standard InChI is InChI=1S/C7H17N3O2S2/c1-5(2)9-14(11,12)10-7(3,4)6(8)13/h5,9-10H,1-4H3,(H2,8,13). The number of nitrogens with one attached hydrogen (secondary N) is 2. The molecule has 5 nitrogen and oxygen atoms in total. The van der Waals surface area contributed by atoms with Crippen LogP contribution >= 0.6 is 12.2 Å². The first kappa shape index (κ1) is 13.8. The van der Waals surface area contributed by atoms with Crippen LogP contribution in [0.25, 0.3) is 0 Å². The molecule has 0 aliphatic rings. The molecule has 0 atom stereocenters. The molecule has 0 saturated carbocycles. The van der Waals surface area contributed by atoms with E-state index >= 15 is 0 Å². The lowest BCUT2D eigenvalue weighted by atomic mass is 10.1. The van der Waals surface area contributed by atoms with E-state index in [2.05, 4.69) is 9.44 Å². The molecule has 0 aromatic rings. The molecule has 0 heterocycles. The molecule has 0 aromatic heterocycles. The van der Waals surface area contributed by atoms with Gasteiger partial charge in [-0.25, -0.2) is 0 Å². The molecular weight excluding hydrogens is 222 g/mol. The predicted molar refractivity (Wildman–Crippen MR) is 61.2 cm³/mol. The van der Waals surface area contributed by atoms with Crippen LogP contribution in [0.2, 0.25) is 0 Å². The maximum Gasteiger partial charge on any atom is 0.278 e. The van der Waals surface area contributed by atoms with Gasteiger partial charge >= 0.3 is 0 Å². The van der Waals surface area contributed by atoms with Crippen molar-refractivity contribution < 1.29 is 8.42 Å². The van der Waals surface area contributed by atoms with Gasteiger partial charge in [0.2, 0.25) is 0 Å². The van der Waals surface area contributed by atoms with Gasteiger partial charge in [-0.2, -0.15) is 17.9 Å². The average Bonchev–Trinajstić information content (AvgIpc) is 1.79. The summed E-state index contributed by atoms with van der Waals surface area (Å²) in [5.74, 6) is 0. The van der Waals surface area contributed by atoms with E-state index in [9.17, 15) is 8.42 Å². The summed E-state index contributed by atoms with van der Waals surface area (Å²) >= 11 is 4.74. The minimum Gasteiger partial charge on any atom is -0.392 e. The Balaban J connectivity index is 4.60. The molecule has 0 fully saturated rings. The minimum absolute atomic E-state index is 0.103. The fourth-order valence-electron chi connectivity index (χ4n) is 0.726. The molecule has 0 amide bonds. The van der Waals surface area contributed by atoms with Crippen LogP contribution in [0.15, 0.2) is 0 Å². The average molecular weight is 239 g/mol. The van der Waals surface area contributed by atoms with Crippen molar-refractivity contribution in [1.82, 2.24) is 9.44 Å². The predicted octanol–water partition coefficient (Wildman–Crippen LogP) is -0.116. The lowest BCUT2D eigenvalue weighted by Crippen LogP contribution is -2.56. The van der Waals surface area contributed by atoms with E-state index in [1.807, 2.05) is 0 Å². The van der Waals surface area contributed by atoms with E-state index < -0.39 is 15.7 Å². The van der Waals surface area contributed by atoms with Gasteiger partial charge in [-0.15, -0.1) is 0 Å². The van der Waals surface area contributed by atoms with E-state index in [0.29, 0.717) is 0 Å². The Hall–Kier alpha value is -0.240. The Morgan fingerprint density at radius 2 is 1.86 bits per heavy atom. The van der Waals surface area contributed by atoms with Crippen molar-refractivity contribution in [2.45, 2.75) is 39.3 Å². The molecule has 0 aliphatic heterocycles. The zero-order valence-electron chi connectivity index (χ0n) is 8.79. The number of thiocarbonyl (C=S) groups is 1. The van der Waals surface area contributed by atoms with Crippen molar-refractivity contribution in [2.75, 3.05) is 0 Å². The van der Waals surface area contributed by atoms with Crippen LogP contribution in [0.3, 0.4) is 0 Å². The van der Waals surface area contributed by atoms with Gasteiger partial charge in [0.15, 0.2) is 0 Å². The third-order valence-electron chi connectivity index (χ3n) is 1.40. The molecule has 0 unspecified atom stereocenters. The Morgan fingerprint density at radius 3 is 2.14 bits per heavy atom. The molecule has 7 heteroatoms. The molecule has 0 aromatic carbocycles. The summed E-state index contributed by atoms with van der Waals surface area (Å²) in [6, 6.07) is -0.172. The monoisotopic (exact) mass is 239 g/mol. The molecular formula is C7H17N3O2S2. The summed E-state index contributed by atoms with van der Waals surface area (Å²) in [5, 5.41) is 0. The number of hydrogen-bond donors (Lipinski definition) is 3. The third-order valence-corrected chi connectivity index (χ3v) is 3.47. The van der Waals surface area contributed by atoms with E-state index in [1.165, 1.54) is 0 Å². The molecule has 0 bridgehead atoms. The van der Waals surface area contributed by atoms with Crippen LogP contribution in [-0.4, -0.2) is 25.0 Å². The van der Waals surface area contributed by atoms with E-state index in [0.717, 1.165) is 0 Å². The quantitative estimate of drug-likeness (QED) is 0.584. The number of hydrogen-bond acceptors (Lipinski definition) is 3. The van der Waals surface area contributed by atoms with Crippen LogP contribution in [-0.2, 0) is 10.2 Å². The third kappa shape index (κ3) is 4.85. The molecule has 14 heavy (non-hydrogen) atoms. The maximum atomic E-state index is 11.4. The van der Waals surface area contributed by atoms with Crippen molar-refractivity contribution >= 4 is 27.4 Å². The highest BCUT2D eigenvalue weighted by Gasteiger charge is 2.27. The van der Waals surface area contributed by atoms with Crippen molar-refractivity contribution in [3.8, 4) is 0 Å². The largest absolute Gasteiger partial charge is 0.392 e. The summed E-state index contributed by atoms with van der Waals surface area (Å²) in [6.07, 6.45) is 0. The van der Waals surface area contributed by atoms with E-state index in [-0.39, 0.29) is 11.0 Å². The number of nitrogens with two attached hydrogens (primary N) is 1. The van der Waals surface area contributed by atoms with Gasteiger partial charge in [0.1, 0.15) is 0 Å². The highest BCUT2D eigenvalue weighted by atomic mass is 32.2. The first-order valence-electron chi connectivity index (χ1n) is 4.18. The second-order valence-corrected chi connectivity index (χ2v) is 5.75. The molecule has 4 N–H and O–H groups in total. The zero-order valence-corrected chi connectivity index (χ0v) is 10.4. The highest BCUT2D eigenvalue weighted by Crippen LogP contribution is 2.03. The Labute approximate surface area is 90.6 Å². The molecule has 0 rings (SSSR count). The van der Waals surface area contributed by atoms with Crippen molar-refractivity contribution in [3.63, 3.8) is 0 Å². The molecule has 0 aliphatic carbocycles. The summed E-state index contributed by atoms with van der Waals surface area (Å²) in [6.45, 7) is 6.67. The normalized spacial score (nSPS) is 13.2. The van der Waals surface area contributed by atoms with Gasteiger partial charge in [0.25, 0.3) is 10.2 Å². The maximum absolute atomic E-state index is 11.4. The van der Waals surface area contributed by atoms with Gasteiger partial charge in [-0.3, -0.25) is 0 Å². The van der Waals surface area contributed by atoms with Gasteiger partial charge < -0.3 is 5.73 Å². The lowest BCUT2D eigenvalue weighted by molar-refractivity contribution is 0.524. The smallest absolute Gasteiger partial charge is 0.278 e. The van der Waals surface area contributed by atoms with Crippen molar-refractivity contribution in [1.29, 1.82) is 0 Å². The van der Waals surface area contributed by atoms with E-state index in [1.54, 1.807) is 27.7 Å². The topological polar surface area (TPSA) is 84.2 Å². The first-order valence-corrected chi connectivity index (χ1v) is 6.07. The van der Waals surface area contributed by atoms with Gasteiger partial charge in [0.05, 0.1) is 10.5 Å². The van der Waals surface area contributed by atoms with Crippen LogP contribution in [0.4, 0.5) is 0 Å². The summed E-state index contributed by atoms with van der Waals surface area (Å²) < 4.78 is 27.6. The first-order chi connectivity index (χ1) is 6.07. The number of rotatable bonds is 5. The van der Waals surface area contributed by atoms with E-state index in [4.69, 9.17) is 18.0 Å². The van der Waals surface area contributed by atoms with Gasteiger partial charge in [-0.05, 0) is 27.7 Å². The van der Waals surface area contributed by atoms with Crippen LogP contribution in [0.5, 0.6) is 0 Å². The lowest BCUT2D eigenvalue weighted by Gasteiger charge is -2.25. The Bertz CT molecular complexity index is 309. The van der Waals surface area contributed by atoms with Crippen LogP contribution in [0, 0.1) is 0 Å². The van der Waals surface area contributed by atoms with Gasteiger partial charge in [0, 0.05) is 6.04 Å². The Morgan fingerprint density at radius 1 is 1.43 bits per heavy atom. The van der Waals surface area contributed by atoms with Crippen molar-refractivity contribution in [3.05, 3.63) is 0 Å². The minimum atomic E-state index is -3.55.